The van der Waals surface area contributed by atoms with Gasteiger partial charge in [0.2, 0.25) is 0 Å². The summed E-state index contributed by atoms with van der Waals surface area (Å²) in [7, 11) is 0. The van der Waals surface area contributed by atoms with Gasteiger partial charge in [0, 0.05) is 6.61 Å². The molecule has 0 aromatic heterocycles. The Bertz CT molecular complexity index is 389. The Hall–Kier alpha value is -0.860. The number of ether oxygens (including phenoxy) is 1. The zero-order chi connectivity index (χ0) is 15.9. The lowest BCUT2D eigenvalue weighted by atomic mass is 9.86. The van der Waals surface area contributed by atoms with Crippen LogP contribution in [-0.2, 0) is 10.2 Å². The van der Waals surface area contributed by atoms with Gasteiger partial charge in [-0.25, -0.2) is 0 Å². The lowest BCUT2D eigenvalue weighted by molar-refractivity contribution is 0.0901. The summed E-state index contributed by atoms with van der Waals surface area (Å²) in [6.07, 6.45) is 1.14. The monoisotopic (exact) mass is 291 g/mol. The van der Waals surface area contributed by atoms with Crippen molar-refractivity contribution < 1.29 is 4.74 Å². The van der Waals surface area contributed by atoms with E-state index in [1.54, 1.807) is 0 Å². The molecule has 0 fully saturated rings. The molecule has 0 spiro atoms. The highest BCUT2D eigenvalue weighted by molar-refractivity contribution is 5.29. The summed E-state index contributed by atoms with van der Waals surface area (Å²) in [4.78, 5) is 0. The van der Waals surface area contributed by atoms with E-state index in [4.69, 9.17) is 4.74 Å². The van der Waals surface area contributed by atoms with Crippen molar-refractivity contribution in [1.82, 2.24) is 5.32 Å². The Balaban J connectivity index is 2.72. The van der Waals surface area contributed by atoms with Crippen LogP contribution in [0.4, 0.5) is 0 Å². The van der Waals surface area contributed by atoms with Crippen molar-refractivity contribution >= 4 is 0 Å². The number of hydrogen-bond acceptors (Lipinski definition) is 2. The average molecular weight is 291 g/mol. The summed E-state index contributed by atoms with van der Waals surface area (Å²) >= 11 is 0. The zero-order valence-corrected chi connectivity index (χ0v) is 14.7. The first kappa shape index (κ1) is 18.2. The molecule has 0 radical (unpaired) electrons. The van der Waals surface area contributed by atoms with Crippen LogP contribution >= 0.6 is 0 Å². The molecule has 0 saturated heterocycles. The minimum Gasteiger partial charge on any atom is -0.379 e. The van der Waals surface area contributed by atoms with E-state index in [1.807, 2.05) is 0 Å². The molecule has 0 aliphatic heterocycles. The highest BCUT2D eigenvalue weighted by Crippen LogP contribution is 2.24. The van der Waals surface area contributed by atoms with Crippen molar-refractivity contribution in [1.29, 1.82) is 0 Å². The number of hydrogen-bond donors (Lipinski definition) is 1. The predicted octanol–water partition coefficient (Wildman–Crippen LogP) is 4.70. The van der Waals surface area contributed by atoms with Crippen molar-refractivity contribution in [2.45, 2.75) is 59.4 Å². The van der Waals surface area contributed by atoms with Crippen LogP contribution in [0.2, 0.25) is 0 Å². The van der Waals surface area contributed by atoms with Crippen LogP contribution in [0, 0.1) is 5.92 Å². The second-order valence-electron chi connectivity index (χ2n) is 7.31. The van der Waals surface area contributed by atoms with E-state index in [0.717, 1.165) is 26.2 Å². The Morgan fingerprint density at radius 1 is 1.05 bits per heavy atom. The molecule has 1 aromatic carbocycles. The van der Waals surface area contributed by atoms with Gasteiger partial charge < -0.3 is 10.1 Å². The molecular formula is C19H33NO. The van der Waals surface area contributed by atoms with Crippen LogP contribution < -0.4 is 5.32 Å². The normalized spacial score (nSPS) is 13.7. The fourth-order valence-electron chi connectivity index (χ4n) is 2.23. The molecule has 0 bridgehead atoms. The van der Waals surface area contributed by atoms with Gasteiger partial charge in [-0.3, -0.25) is 0 Å². The van der Waals surface area contributed by atoms with E-state index in [9.17, 15) is 0 Å². The number of benzene rings is 1. The minimum atomic E-state index is 0.207. The molecule has 0 heterocycles. The maximum Gasteiger partial charge on any atom is 0.0661 e. The van der Waals surface area contributed by atoms with Crippen molar-refractivity contribution in [2.75, 3.05) is 19.8 Å². The SMILES string of the molecule is CCCNC(COCC(C)C)c1ccc(C(C)(C)C)cc1. The molecule has 120 valence electrons. The molecule has 21 heavy (non-hydrogen) atoms. The average Bonchev–Trinajstić information content (AvgIpc) is 2.41. The van der Waals surface area contributed by atoms with Gasteiger partial charge in [-0.2, -0.15) is 0 Å². The second-order valence-corrected chi connectivity index (χ2v) is 7.31. The highest BCUT2D eigenvalue weighted by atomic mass is 16.5. The lowest BCUT2D eigenvalue weighted by Gasteiger charge is -2.23. The first-order valence-corrected chi connectivity index (χ1v) is 8.26. The molecule has 0 amide bonds. The Morgan fingerprint density at radius 2 is 1.67 bits per heavy atom. The fraction of sp³-hybridized carbons (Fsp3) is 0.684. The van der Waals surface area contributed by atoms with Gasteiger partial charge in [0.05, 0.1) is 12.6 Å². The second kappa shape index (κ2) is 8.55. The summed E-state index contributed by atoms with van der Waals surface area (Å²) in [5.74, 6) is 0.583. The fourth-order valence-corrected chi connectivity index (χ4v) is 2.23. The summed E-state index contributed by atoms with van der Waals surface area (Å²) in [6.45, 7) is 15.9. The molecule has 0 saturated carbocycles. The van der Waals surface area contributed by atoms with E-state index in [-0.39, 0.29) is 11.5 Å². The van der Waals surface area contributed by atoms with Gasteiger partial charge in [0.15, 0.2) is 0 Å². The maximum atomic E-state index is 5.84. The van der Waals surface area contributed by atoms with Crippen LogP contribution in [0.25, 0.3) is 0 Å². The molecule has 1 N–H and O–H groups in total. The minimum absolute atomic E-state index is 0.207. The summed E-state index contributed by atoms with van der Waals surface area (Å²) in [5.41, 5.74) is 2.91. The van der Waals surface area contributed by atoms with Crippen molar-refractivity contribution in [3.8, 4) is 0 Å². The summed E-state index contributed by atoms with van der Waals surface area (Å²) < 4.78 is 5.84. The molecular weight excluding hydrogens is 258 g/mol. The third-order valence-corrected chi connectivity index (χ3v) is 3.56. The first-order valence-electron chi connectivity index (χ1n) is 8.26. The molecule has 1 rings (SSSR count). The van der Waals surface area contributed by atoms with E-state index >= 15 is 0 Å². The van der Waals surface area contributed by atoms with Gasteiger partial charge in [-0.05, 0) is 35.4 Å². The highest BCUT2D eigenvalue weighted by Gasteiger charge is 2.15. The first-order chi connectivity index (χ1) is 9.84. The Morgan fingerprint density at radius 3 is 2.14 bits per heavy atom. The molecule has 0 aliphatic rings. The van der Waals surface area contributed by atoms with E-state index in [2.05, 4.69) is 71.1 Å². The largest absolute Gasteiger partial charge is 0.379 e. The van der Waals surface area contributed by atoms with E-state index < -0.39 is 0 Å². The molecule has 1 atom stereocenters. The molecule has 2 heteroatoms. The standard InChI is InChI=1S/C19H33NO/c1-7-12-20-18(14-21-13-15(2)3)16-8-10-17(11-9-16)19(4,5)6/h8-11,15,18,20H,7,12-14H2,1-6H3. The number of rotatable bonds is 8. The topological polar surface area (TPSA) is 21.3 Å². The zero-order valence-electron chi connectivity index (χ0n) is 14.7. The van der Waals surface area contributed by atoms with Gasteiger partial charge in [-0.15, -0.1) is 0 Å². The van der Waals surface area contributed by atoms with Crippen LogP contribution in [0.3, 0.4) is 0 Å². The predicted molar refractivity (Wildman–Crippen MR) is 91.8 cm³/mol. The lowest BCUT2D eigenvalue weighted by Crippen LogP contribution is -2.27. The van der Waals surface area contributed by atoms with Crippen LogP contribution in [-0.4, -0.2) is 19.8 Å². The van der Waals surface area contributed by atoms with Crippen molar-refractivity contribution in [3.63, 3.8) is 0 Å². The Labute approximate surface area is 131 Å². The third kappa shape index (κ3) is 6.62. The van der Waals surface area contributed by atoms with Gasteiger partial charge in [0.25, 0.3) is 0 Å². The third-order valence-electron chi connectivity index (χ3n) is 3.56. The smallest absolute Gasteiger partial charge is 0.0661 e. The molecule has 1 aromatic rings. The van der Waals surface area contributed by atoms with Crippen LogP contribution in [0.1, 0.15) is 65.1 Å². The summed E-state index contributed by atoms with van der Waals surface area (Å²) in [5, 5.41) is 3.59. The van der Waals surface area contributed by atoms with Crippen molar-refractivity contribution in [3.05, 3.63) is 35.4 Å². The van der Waals surface area contributed by atoms with Crippen LogP contribution in [0.15, 0.2) is 24.3 Å². The van der Waals surface area contributed by atoms with E-state index in [0.29, 0.717) is 5.92 Å². The van der Waals surface area contributed by atoms with E-state index in [1.165, 1.54) is 11.1 Å². The summed E-state index contributed by atoms with van der Waals surface area (Å²) in [6, 6.07) is 9.27. The maximum absolute atomic E-state index is 5.84. The van der Waals surface area contributed by atoms with Gasteiger partial charge in [-0.1, -0.05) is 65.8 Å². The van der Waals surface area contributed by atoms with Gasteiger partial charge >= 0.3 is 0 Å². The molecule has 0 aliphatic carbocycles. The Kier molecular flexibility index (Phi) is 7.41. The number of nitrogens with one attached hydrogen (secondary N) is 1. The molecule has 2 nitrogen and oxygen atoms in total. The van der Waals surface area contributed by atoms with Crippen molar-refractivity contribution in [2.24, 2.45) is 5.92 Å². The van der Waals surface area contributed by atoms with Gasteiger partial charge in [0.1, 0.15) is 0 Å². The quantitative estimate of drug-likeness (QED) is 0.749. The molecule has 1 unspecified atom stereocenters. The van der Waals surface area contributed by atoms with Crippen LogP contribution in [0.5, 0.6) is 0 Å².